The van der Waals surface area contributed by atoms with E-state index in [0.717, 1.165) is 18.4 Å². The maximum Gasteiger partial charge on any atom is 0.0252 e. The molecule has 2 aliphatic heterocycles. The van der Waals surface area contributed by atoms with Gasteiger partial charge >= 0.3 is 0 Å². The van der Waals surface area contributed by atoms with E-state index in [-0.39, 0.29) is 5.54 Å². The molecule has 0 aromatic heterocycles. The Morgan fingerprint density at radius 1 is 1.33 bits per heavy atom. The Morgan fingerprint density at radius 2 is 2.06 bits per heavy atom. The van der Waals surface area contributed by atoms with Crippen molar-refractivity contribution in [3.05, 3.63) is 0 Å². The highest BCUT2D eigenvalue weighted by atomic mass is 15.3. The van der Waals surface area contributed by atoms with E-state index in [4.69, 9.17) is 0 Å². The van der Waals surface area contributed by atoms with Crippen molar-refractivity contribution in [2.45, 2.75) is 45.7 Å². The molecule has 0 aromatic rings. The van der Waals surface area contributed by atoms with Gasteiger partial charge in [0, 0.05) is 37.8 Å². The monoisotopic (exact) mass is 253 g/mol. The minimum atomic E-state index is 0.274. The first-order chi connectivity index (χ1) is 8.37. The molecule has 2 saturated heterocycles. The van der Waals surface area contributed by atoms with Gasteiger partial charge in [-0.15, -0.1) is 0 Å². The van der Waals surface area contributed by atoms with E-state index in [9.17, 15) is 0 Å². The number of piperazine rings is 1. The first kappa shape index (κ1) is 14.3. The van der Waals surface area contributed by atoms with Crippen molar-refractivity contribution >= 4 is 0 Å². The van der Waals surface area contributed by atoms with Crippen molar-refractivity contribution < 1.29 is 0 Å². The standard InChI is InChI=1S/C15H31N3/c1-12(2)14-8-16-15(3,4)11-18(14)10-13-6-7-17(5)9-13/h12-14,16H,6-11H2,1-5H3. The average molecular weight is 253 g/mol. The van der Waals surface area contributed by atoms with E-state index >= 15 is 0 Å². The topological polar surface area (TPSA) is 18.5 Å². The lowest BCUT2D eigenvalue weighted by Gasteiger charge is -2.47. The van der Waals surface area contributed by atoms with Gasteiger partial charge in [0.2, 0.25) is 0 Å². The predicted molar refractivity (Wildman–Crippen MR) is 77.9 cm³/mol. The summed E-state index contributed by atoms with van der Waals surface area (Å²) in [6.45, 7) is 15.6. The molecule has 0 aromatic carbocycles. The molecule has 18 heavy (non-hydrogen) atoms. The highest BCUT2D eigenvalue weighted by Crippen LogP contribution is 2.24. The summed E-state index contributed by atoms with van der Waals surface area (Å²) < 4.78 is 0. The van der Waals surface area contributed by atoms with Crippen molar-refractivity contribution in [1.82, 2.24) is 15.1 Å². The van der Waals surface area contributed by atoms with Crippen molar-refractivity contribution in [3.8, 4) is 0 Å². The SMILES string of the molecule is CC(C)C1CNC(C)(C)CN1CC1CCN(C)C1. The van der Waals surface area contributed by atoms with Crippen molar-refractivity contribution in [3.63, 3.8) is 0 Å². The van der Waals surface area contributed by atoms with Crippen LogP contribution in [0.1, 0.15) is 34.1 Å². The highest BCUT2D eigenvalue weighted by molar-refractivity contribution is 4.94. The van der Waals surface area contributed by atoms with Gasteiger partial charge in [0.1, 0.15) is 0 Å². The molecule has 0 aliphatic carbocycles. The van der Waals surface area contributed by atoms with Gasteiger partial charge in [-0.25, -0.2) is 0 Å². The summed E-state index contributed by atoms with van der Waals surface area (Å²) in [6, 6.07) is 0.712. The third kappa shape index (κ3) is 3.46. The molecule has 2 aliphatic rings. The zero-order valence-electron chi connectivity index (χ0n) is 12.9. The predicted octanol–water partition coefficient (Wildman–Crippen LogP) is 1.65. The van der Waals surface area contributed by atoms with E-state index in [0.29, 0.717) is 6.04 Å². The van der Waals surface area contributed by atoms with Crippen LogP contribution in [-0.4, -0.2) is 61.2 Å². The zero-order chi connectivity index (χ0) is 13.3. The van der Waals surface area contributed by atoms with Gasteiger partial charge in [0.05, 0.1) is 0 Å². The van der Waals surface area contributed by atoms with Crippen molar-refractivity contribution in [2.24, 2.45) is 11.8 Å². The number of nitrogens with zero attached hydrogens (tertiary/aromatic N) is 2. The largest absolute Gasteiger partial charge is 0.309 e. The summed E-state index contributed by atoms with van der Waals surface area (Å²) in [5, 5.41) is 3.70. The number of rotatable bonds is 3. The van der Waals surface area contributed by atoms with Crippen molar-refractivity contribution in [2.75, 3.05) is 39.8 Å². The van der Waals surface area contributed by atoms with Crippen molar-refractivity contribution in [1.29, 1.82) is 0 Å². The number of hydrogen-bond donors (Lipinski definition) is 1. The molecule has 0 bridgehead atoms. The van der Waals surface area contributed by atoms with Gasteiger partial charge in [-0.3, -0.25) is 4.90 Å². The molecule has 0 spiro atoms. The molecule has 106 valence electrons. The fourth-order valence-corrected chi connectivity index (χ4v) is 3.56. The Balaban J connectivity index is 1.96. The molecule has 0 amide bonds. The molecular weight excluding hydrogens is 222 g/mol. The Kier molecular flexibility index (Phi) is 4.35. The van der Waals surface area contributed by atoms with Gasteiger partial charge in [-0.1, -0.05) is 13.8 Å². The first-order valence-corrected chi connectivity index (χ1v) is 7.55. The van der Waals surface area contributed by atoms with E-state index in [1.807, 2.05) is 0 Å². The summed E-state index contributed by atoms with van der Waals surface area (Å²) in [7, 11) is 2.25. The second kappa shape index (κ2) is 5.48. The molecule has 3 heteroatoms. The molecule has 2 fully saturated rings. The normalized spacial score (nSPS) is 34.3. The summed E-state index contributed by atoms with van der Waals surface area (Å²) in [5.74, 6) is 1.62. The number of likely N-dealkylation sites (tertiary alicyclic amines) is 1. The lowest BCUT2D eigenvalue weighted by Crippen LogP contribution is -2.63. The van der Waals surface area contributed by atoms with Crippen LogP contribution in [0.25, 0.3) is 0 Å². The van der Waals surface area contributed by atoms with Gasteiger partial charge < -0.3 is 10.2 Å². The third-order valence-electron chi connectivity index (χ3n) is 4.61. The van der Waals surface area contributed by atoms with Crippen LogP contribution in [0.4, 0.5) is 0 Å². The van der Waals surface area contributed by atoms with E-state index < -0.39 is 0 Å². The Hall–Kier alpha value is -0.120. The minimum Gasteiger partial charge on any atom is -0.309 e. The lowest BCUT2D eigenvalue weighted by molar-refractivity contribution is 0.0565. The molecule has 0 radical (unpaired) electrons. The fourth-order valence-electron chi connectivity index (χ4n) is 3.56. The summed E-state index contributed by atoms with van der Waals surface area (Å²) in [5.41, 5.74) is 0.274. The summed E-state index contributed by atoms with van der Waals surface area (Å²) in [4.78, 5) is 5.23. The third-order valence-corrected chi connectivity index (χ3v) is 4.61. The molecule has 2 unspecified atom stereocenters. The quantitative estimate of drug-likeness (QED) is 0.825. The maximum absolute atomic E-state index is 3.70. The van der Waals surface area contributed by atoms with Crippen LogP contribution >= 0.6 is 0 Å². The molecule has 2 heterocycles. The molecular formula is C15H31N3. The van der Waals surface area contributed by atoms with Gasteiger partial charge in [-0.2, -0.15) is 0 Å². The summed E-state index contributed by atoms with van der Waals surface area (Å²) >= 11 is 0. The Labute approximate surface area is 113 Å². The molecule has 3 nitrogen and oxygen atoms in total. The van der Waals surface area contributed by atoms with Gasteiger partial charge in [-0.05, 0) is 45.7 Å². The lowest BCUT2D eigenvalue weighted by atomic mass is 9.92. The van der Waals surface area contributed by atoms with Crippen LogP contribution in [0.15, 0.2) is 0 Å². The van der Waals surface area contributed by atoms with Crippen LogP contribution in [0.3, 0.4) is 0 Å². The fraction of sp³-hybridized carbons (Fsp3) is 1.00. The van der Waals surface area contributed by atoms with Crippen LogP contribution in [-0.2, 0) is 0 Å². The second-order valence-corrected chi connectivity index (χ2v) is 7.42. The summed E-state index contributed by atoms with van der Waals surface area (Å²) in [6.07, 6.45) is 1.38. The molecule has 1 N–H and O–H groups in total. The highest BCUT2D eigenvalue weighted by Gasteiger charge is 2.35. The average Bonchev–Trinajstić information content (AvgIpc) is 2.62. The minimum absolute atomic E-state index is 0.274. The second-order valence-electron chi connectivity index (χ2n) is 7.42. The van der Waals surface area contributed by atoms with Crippen LogP contribution < -0.4 is 5.32 Å². The van der Waals surface area contributed by atoms with Crippen LogP contribution in [0.2, 0.25) is 0 Å². The molecule has 0 saturated carbocycles. The van der Waals surface area contributed by atoms with Gasteiger partial charge in [0.25, 0.3) is 0 Å². The Bertz CT molecular complexity index is 275. The van der Waals surface area contributed by atoms with Crippen LogP contribution in [0, 0.1) is 11.8 Å². The van der Waals surface area contributed by atoms with Gasteiger partial charge in [0.15, 0.2) is 0 Å². The Morgan fingerprint density at radius 3 is 2.61 bits per heavy atom. The molecule has 2 rings (SSSR count). The number of hydrogen-bond acceptors (Lipinski definition) is 3. The molecule has 2 atom stereocenters. The van der Waals surface area contributed by atoms with E-state index in [1.54, 1.807) is 0 Å². The number of nitrogens with one attached hydrogen (secondary N) is 1. The smallest absolute Gasteiger partial charge is 0.0252 e. The van der Waals surface area contributed by atoms with Crippen LogP contribution in [0.5, 0.6) is 0 Å². The zero-order valence-corrected chi connectivity index (χ0v) is 12.9. The van der Waals surface area contributed by atoms with E-state index in [2.05, 4.69) is 49.9 Å². The van der Waals surface area contributed by atoms with E-state index in [1.165, 1.54) is 32.6 Å². The maximum atomic E-state index is 3.70. The first-order valence-electron chi connectivity index (χ1n) is 7.55.